The number of amides is 1. The summed E-state index contributed by atoms with van der Waals surface area (Å²) in [6.07, 6.45) is 3.69. The Hall–Kier alpha value is -2.68. The highest BCUT2D eigenvalue weighted by Gasteiger charge is 2.11. The molecule has 3 rings (SSSR count). The number of nitrogens with one attached hydrogen (secondary N) is 1. The summed E-state index contributed by atoms with van der Waals surface area (Å²) in [7, 11) is 0. The average Bonchev–Trinajstić information content (AvgIpc) is 2.56. The Bertz CT molecular complexity index is 792. The second-order valence-electron chi connectivity index (χ2n) is 5.24. The number of fused-ring (bicyclic) bond motifs is 1. The van der Waals surface area contributed by atoms with Crippen molar-refractivity contribution in [2.45, 2.75) is 19.8 Å². The number of benzene rings is 2. The molecule has 1 aromatic heterocycles. The molecule has 0 spiro atoms. The maximum absolute atomic E-state index is 12.4. The quantitative estimate of drug-likeness (QED) is 0.772. The number of hydrogen-bond donors (Lipinski definition) is 1. The number of aryl methyl sites for hydroxylation is 1. The van der Waals surface area contributed by atoms with Gasteiger partial charge in [0.05, 0.1) is 0 Å². The summed E-state index contributed by atoms with van der Waals surface area (Å²) in [5, 5.41) is 5.26. The van der Waals surface area contributed by atoms with Gasteiger partial charge in [0, 0.05) is 17.3 Å². The van der Waals surface area contributed by atoms with Crippen molar-refractivity contribution in [2.75, 3.05) is 5.32 Å². The molecule has 0 saturated heterocycles. The van der Waals surface area contributed by atoms with Gasteiger partial charge in [0.2, 0.25) is 0 Å². The zero-order valence-electron chi connectivity index (χ0n) is 12.5. The number of carbonyl (C=O) groups is 1. The maximum atomic E-state index is 12.4. The summed E-state index contributed by atoms with van der Waals surface area (Å²) in [5.41, 5.74) is 2.53. The molecule has 0 atom stereocenters. The van der Waals surface area contributed by atoms with E-state index in [0.29, 0.717) is 5.69 Å². The zero-order valence-corrected chi connectivity index (χ0v) is 12.5. The van der Waals surface area contributed by atoms with Crippen LogP contribution in [-0.2, 0) is 6.42 Å². The lowest BCUT2D eigenvalue weighted by molar-refractivity contribution is 0.102. The van der Waals surface area contributed by atoms with Crippen molar-refractivity contribution >= 4 is 22.4 Å². The summed E-state index contributed by atoms with van der Waals surface area (Å²) in [6.45, 7) is 2.16. The third-order valence-electron chi connectivity index (χ3n) is 3.66. The SMILES string of the molecule is CCCc1cccc2cccc(NC(=O)c3ccccn3)c12. The standard InChI is InChI=1S/C19H18N2O/c1-2-7-14-8-5-9-15-10-6-12-16(18(14)15)21-19(22)17-11-3-4-13-20-17/h3-6,8-13H,2,7H2,1H3,(H,21,22). The van der Waals surface area contributed by atoms with E-state index in [4.69, 9.17) is 0 Å². The van der Waals surface area contributed by atoms with Crippen molar-refractivity contribution in [3.63, 3.8) is 0 Å². The molecule has 0 aliphatic carbocycles. The molecule has 0 aliphatic rings. The molecule has 1 amide bonds. The van der Waals surface area contributed by atoms with Gasteiger partial charge in [0.15, 0.2) is 0 Å². The Balaban J connectivity index is 2.02. The first-order chi connectivity index (χ1) is 10.8. The number of aromatic nitrogens is 1. The van der Waals surface area contributed by atoms with Crippen LogP contribution in [0.1, 0.15) is 29.4 Å². The lowest BCUT2D eigenvalue weighted by Gasteiger charge is -2.12. The average molecular weight is 290 g/mol. The van der Waals surface area contributed by atoms with E-state index in [2.05, 4.69) is 41.5 Å². The van der Waals surface area contributed by atoms with E-state index in [0.717, 1.165) is 29.3 Å². The van der Waals surface area contributed by atoms with Gasteiger partial charge in [-0.25, -0.2) is 0 Å². The number of rotatable bonds is 4. The Kier molecular flexibility index (Phi) is 4.15. The number of anilines is 1. The van der Waals surface area contributed by atoms with E-state index >= 15 is 0 Å². The first-order valence-corrected chi connectivity index (χ1v) is 7.52. The van der Waals surface area contributed by atoms with E-state index in [-0.39, 0.29) is 5.91 Å². The highest BCUT2D eigenvalue weighted by molar-refractivity contribution is 6.09. The highest BCUT2D eigenvalue weighted by atomic mass is 16.1. The predicted molar refractivity (Wildman–Crippen MR) is 90.1 cm³/mol. The topological polar surface area (TPSA) is 42.0 Å². The van der Waals surface area contributed by atoms with Crippen molar-refractivity contribution in [3.8, 4) is 0 Å². The molecular formula is C19H18N2O. The van der Waals surface area contributed by atoms with Gasteiger partial charge in [0.1, 0.15) is 5.69 Å². The van der Waals surface area contributed by atoms with Crippen LogP contribution in [0.4, 0.5) is 5.69 Å². The lowest BCUT2D eigenvalue weighted by Crippen LogP contribution is -2.13. The van der Waals surface area contributed by atoms with Gasteiger partial charge in [-0.05, 0) is 35.6 Å². The largest absolute Gasteiger partial charge is 0.320 e. The molecule has 22 heavy (non-hydrogen) atoms. The van der Waals surface area contributed by atoms with Gasteiger partial charge in [-0.15, -0.1) is 0 Å². The fraction of sp³-hybridized carbons (Fsp3) is 0.158. The third-order valence-corrected chi connectivity index (χ3v) is 3.66. The van der Waals surface area contributed by atoms with Gasteiger partial charge in [-0.1, -0.05) is 49.7 Å². The van der Waals surface area contributed by atoms with Gasteiger partial charge in [0.25, 0.3) is 5.91 Å². The van der Waals surface area contributed by atoms with Crippen LogP contribution in [0.3, 0.4) is 0 Å². The first-order valence-electron chi connectivity index (χ1n) is 7.52. The van der Waals surface area contributed by atoms with Crippen molar-refractivity contribution in [3.05, 3.63) is 72.1 Å². The summed E-state index contributed by atoms with van der Waals surface area (Å²) < 4.78 is 0. The normalized spacial score (nSPS) is 10.6. The number of pyridine rings is 1. The molecule has 3 aromatic rings. The molecule has 0 saturated carbocycles. The van der Waals surface area contributed by atoms with Crippen LogP contribution < -0.4 is 5.32 Å². The van der Waals surface area contributed by atoms with Crippen LogP contribution in [0.5, 0.6) is 0 Å². The fourth-order valence-corrected chi connectivity index (χ4v) is 2.68. The minimum atomic E-state index is -0.181. The summed E-state index contributed by atoms with van der Waals surface area (Å²) >= 11 is 0. The second kappa shape index (κ2) is 6.39. The number of hydrogen-bond acceptors (Lipinski definition) is 2. The molecule has 0 aliphatic heterocycles. The van der Waals surface area contributed by atoms with E-state index in [1.54, 1.807) is 18.3 Å². The Morgan fingerprint density at radius 2 is 1.86 bits per heavy atom. The summed E-state index contributed by atoms with van der Waals surface area (Å²) in [4.78, 5) is 16.5. The van der Waals surface area contributed by atoms with Gasteiger partial charge >= 0.3 is 0 Å². The molecule has 0 radical (unpaired) electrons. The van der Waals surface area contributed by atoms with Crippen molar-refractivity contribution in [2.24, 2.45) is 0 Å². The summed E-state index contributed by atoms with van der Waals surface area (Å²) in [5.74, 6) is -0.181. The van der Waals surface area contributed by atoms with Crippen LogP contribution in [0.2, 0.25) is 0 Å². The van der Waals surface area contributed by atoms with Crippen molar-refractivity contribution in [1.82, 2.24) is 4.98 Å². The Morgan fingerprint density at radius 3 is 2.59 bits per heavy atom. The van der Waals surface area contributed by atoms with Crippen LogP contribution in [0.15, 0.2) is 60.8 Å². The predicted octanol–water partition coefficient (Wildman–Crippen LogP) is 4.44. The van der Waals surface area contributed by atoms with Crippen LogP contribution in [0.25, 0.3) is 10.8 Å². The van der Waals surface area contributed by atoms with E-state index in [1.165, 1.54) is 5.56 Å². The molecule has 0 fully saturated rings. The third kappa shape index (κ3) is 2.84. The molecule has 3 heteroatoms. The second-order valence-corrected chi connectivity index (χ2v) is 5.24. The molecule has 0 unspecified atom stereocenters. The Labute approximate surface area is 130 Å². The van der Waals surface area contributed by atoms with E-state index in [9.17, 15) is 4.79 Å². The fourth-order valence-electron chi connectivity index (χ4n) is 2.68. The lowest BCUT2D eigenvalue weighted by atomic mass is 9.99. The molecular weight excluding hydrogens is 272 g/mol. The van der Waals surface area contributed by atoms with Gasteiger partial charge < -0.3 is 5.32 Å². The molecule has 2 aromatic carbocycles. The Morgan fingerprint density at radius 1 is 1.05 bits per heavy atom. The molecule has 1 heterocycles. The van der Waals surface area contributed by atoms with Gasteiger partial charge in [-0.2, -0.15) is 0 Å². The zero-order chi connectivity index (χ0) is 15.4. The minimum absolute atomic E-state index is 0.181. The molecule has 3 nitrogen and oxygen atoms in total. The van der Waals surface area contributed by atoms with Crippen LogP contribution >= 0.6 is 0 Å². The van der Waals surface area contributed by atoms with Gasteiger partial charge in [-0.3, -0.25) is 9.78 Å². The van der Waals surface area contributed by atoms with Crippen LogP contribution in [-0.4, -0.2) is 10.9 Å². The van der Waals surface area contributed by atoms with Crippen molar-refractivity contribution in [1.29, 1.82) is 0 Å². The summed E-state index contributed by atoms with van der Waals surface area (Å²) in [6, 6.07) is 17.6. The maximum Gasteiger partial charge on any atom is 0.274 e. The number of nitrogens with zero attached hydrogens (tertiary/aromatic N) is 1. The van der Waals surface area contributed by atoms with E-state index < -0.39 is 0 Å². The minimum Gasteiger partial charge on any atom is -0.320 e. The molecule has 110 valence electrons. The van der Waals surface area contributed by atoms with E-state index in [1.807, 2.05) is 18.2 Å². The molecule has 0 bridgehead atoms. The number of carbonyl (C=O) groups excluding carboxylic acids is 1. The monoisotopic (exact) mass is 290 g/mol. The highest BCUT2D eigenvalue weighted by Crippen LogP contribution is 2.28. The first kappa shape index (κ1) is 14.3. The molecule has 1 N–H and O–H groups in total. The smallest absolute Gasteiger partial charge is 0.274 e. The van der Waals surface area contributed by atoms with Crippen LogP contribution in [0, 0.1) is 0 Å². The van der Waals surface area contributed by atoms with Crippen molar-refractivity contribution < 1.29 is 4.79 Å².